The van der Waals surface area contributed by atoms with Gasteiger partial charge in [0, 0.05) is 19.5 Å². The van der Waals surface area contributed by atoms with E-state index in [0.29, 0.717) is 6.42 Å². The summed E-state index contributed by atoms with van der Waals surface area (Å²) in [5, 5.41) is 8.65. The predicted molar refractivity (Wildman–Crippen MR) is 49.1 cm³/mol. The number of rotatable bonds is 2. The van der Waals surface area contributed by atoms with Crippen LogP contribution in [-0.2, 0) is 4.79 Å². The van der Waals surface area contributed by atoms with E-state index in [1.54, 1.807) is 0 Å². The fraction of sp³-hybridized carbons (Fsp3) is 0.900. The maximum atomic E-state index is 11.4. The van der Waals surface area contributed by atoms with Crippen molar-refractivity contribution in [2.45, 2.75) is 25.7 Å². The largest absolute Gasteiger partial charge is 0.396 e. The number of aliphatic hydroxyl groups excluding tert-OH is 1. The molecule has 3 heteroatoms. The molecule has 74 valence electrons. The van der Waals surface area contributed by atoms with Crippen molar-refractivity contribution in [1.29, 1.82) is 0 Å². The monoisotopic (exact) mass is 183 g/mol. The molecule has 2 atom stereocenters. The van der Waals surface area contributed by atoms with Gasteiger partial charge in [0.05, 0.1) is 6.61 Å². The van der Waals surface area contributed by atoms with Crippen molar-refractivity contribution < 1.29 is 9.90 Å². The molecule has 0 aromatic carbocycles. The molecule has 2 aliphatic rings. The third-order valence-corrected chi connectivity index (χ3v) is 3.40. The van der Waals surface area contributed by atoms with Crippen LogP contribution in [0.1, 0.15) is 25.7 Å². The lowest BCUT2D eigenvalue weighted by Crippen LogP contribution is -2.29. The first-order valence-corrected chi connectivity index (χ1v) is 5.20. The summed E-state index contributed by atoms with van der Waals surface area (Å²) in [6.07, 6.45) is 4.25. The normalized spacial score (nSPS) is 32.2. The zero-order valence-corrected chi connectivity index (χ0v) is 7.91. The molecule has 1 amide bonds. The minimum atomic E-state index is -0.00926. The Kier molecular flexibility index (Phi) is 2.54. The van der Waals surface area contributed by atoms with E-state index in [4.69, 9.17) is 5.11 Å². The van der Waals surface area contributed by atoms with Gasteiger partial charge in [-0.1, -0.05) is 6.42 Å². The summed E-state index contributed by atoms with van der Waals surface area (Å²) in [4.78, 5) is 13.4. The first-order valence-electron chi connectivity index (χ1n) is 5.20. The Hall–Kier alpha value is -0.570. The van der Waals surface area contributed by atoms with Gasteiger partial charge in [0.2, 0.25) is 5.91 Å². The quantitative estimate of drug-likeness (QED) is 0.682. The van der Waals surface area contributed by atoms with Crippen molar-refractivity contribution in [1.82, 2.24) is 4.90 Å². The van der Waals surface area contributed by atoms with Crippen LogP contribution in [0.4, 0.5) is 0 Å². The number of hydrogen-bond donors (Lipinski definition) is 1. The summed E-state index contributed by atoms with van der Waals surface area (Å²) >= 11 is 0. The first kappa shape index (κ1) is 9.00. The Morgan fingerprint density at radius 1 is 1.31 bits per heavy atom. The molecule has 0 radical (unpaired) electrons. The molecule has 2 rings (SSSR count). The molecular formula is C10H17NO2. The summed E-state index contributed by atoms with van der Waals surface area (Å²) in [5.41, 5.74) is 0. The lowest BCUT2D eigenvalue weighted by Gasteiger charge is -2.16. The highest BCUT2D eigenvalue weighted by atomic mass is 16.3. The van der Waals surface area contributed by atoms with Crippen LogP contribution in [-0.4, -0.2) is 35.6 Å². The zero-order valence-electron chi connectivity index (χ0n) is 7.91. The number of fused-ring (bicyclic) bond motifs is 1. The van der Waals surface area contributed by atoms with E-state index in [2.05, 4.69) is 0 Å². The molecule has 0 aromatic heterocycles. The van der Waals surface area contributed by atoms with Crippen LogP contribution in [0.2, 0.25) is 0 Å². The molecule has 1 N–H and O–H groups in total. The highest BCUT2D eigenvalue weighted by Crippen LogP contribution is 2.37. The second-order valence-corrected chi connectivity index (χ2v) is 4.22. The van der Waals surface area contributed by atoms with Crippen LogP contribution >= 0.6 is 0 Å². The number of carbonyl (C=O) groups excluding carboxylic acids is 1. The number of aliphatic hydroxyl groups is 1. The van der Waals surface area contributed by atoms with E-state index in [9.17, 15) is 4.79 Å². The predicted octanol–water partition coefficient (Wildman–Crippen LogP) is 0.627. The van der Waals surface area contributed by atoms with E-state index >= 15 is 0 Å². The van der Waals surface area contributed by atoms with Gasteiger partial charge in [-0.15, -0.1) is 0 Å². The fourth-order valence-electron chi connectivity index (χ4n) is 2.69. The van der Waals surface area contributed by atoms with Crippen LogP contribution < -0.4 is 0 Å². The number of carbonyl (C=O) groups is 1. The van der Waals surface area contributed by atoms with E-state index in [0.717, 1.165) is 24.9 Å². The number of likely N-dealkylation sites (tertiary alicyclic amines) is 1. The smallest absolute Gasteiger partial charge is 0.224 e. The summed E-state index contributed by atoms with van der Waals surface area (Å²) in [6, 6.07) is 0. The SMILES string of the molecule is O=C(CCO)N1CC2CCCC2C1. The first-order chi connectivity index (χ1) is 6.31. The molecule has 2 unspecified atom stereocenters. The van der Waals surface area contributed by atoms with Crippen molar-refractivity contribution in [3.63, 3.8) is 0 Å². The van der Waals surface area contributed by atoms with Gasteiger partial charge >= 0.3 is 0 Å². The highest BCUT2D eigenvalue weighted by molar-refractivity contribution is 5.76. The van der Waals surface area contributed by atoms with Crippen molar-refractivity contribution in [2.24, 2.45) is 11.8 Å². The fourth-order valence-corrected chi connectivity index (χ4v) is 2.69. The van der Waals surface area contributed by atoms with Crippen LogP contribution in [0.15, 0.2) is 0 Å². The van der Waals surface area contributed by atoms with Gasteiger partial charge in [-0.2, -0.15) is 0 Å². The molecule has 1 saturated heterocycles. The number of hydrogen-bond acceptors (Lipinski definition) is 2. The van der Waals surface area contributed by atoms with Crippen molar-refractivity contribution in [3.8, 4) is 0 Å². The molecule has 0 aromatic rings. The van der Waals surface area contributed by atoms with Crippen LogP contribution in [0, 0.1) is 11.8 Å². The van der Waals surface area contributed by atoms with Gasteiger partial charge in [0.15, 0.2) is 0 Å². The molecule has 0 bridgehead atoms. The molecule has 2 fully saturated rings. The minimum absolute atomic E-state index is 0.00926. The van der Waals surface area contributed by atoms with Gasteiger partial charge in [-0.25, -0.2) is 0 Å². The molecule has 1 aliphatic carbocycles. The van der Waals surface area contributed by atoms with Crippen LogP contribution in [0.5, 0.6) is 0 Å². The molecule has 3 nitrogen and oxygen atoms in total. The Labute approximate surface area is 78.7 Å². The van der Waals surface area contributed by atoms with Gasteiger partial charge in [-0.3, -0.25) is 4.79 Å². The van der Waals surface area contributed by atoms with Crippen molar-refractivity contribution in [3.05, 3.63) is 0 Å². The standard InChI is InChI=1S/C10H17NO2/c12-5-4-10(13)11-6-8-2-1-3-9(8)7-11/h8-9,12H,1-7H2. The van der Waals surface area contributed by atoms with Crippen LogP contribution in [0.3, 0.4) is 0 Å². The molecule has 1 saturated carbocycles. The average Bonchev–Trinajstić information content (AvgIpc) is 2.61. The average molecular weight is 183 g/mol. The lowest BCUT2D eigenvalue weighted by molar-refractivity contribution is -0.131. The summed E-state index contributed by atoms with van der Waals surface area (Å²) < 4.78 is 0. The zero-order chi connectivity index (χ0) is 9.26. The van der Waals surface area contributed by atoms with E-state index in [1.165, 1.54) is 19.3 Å². The van der Waals surface area contributed by atoms with Crippen molar-refractivity contribution in [2.75, 3.05) is 19.7 Å². The van der Waals surface area contributed by atoms with E-state index in [-0.39, 0.29) is 12.5 Å². The second-order valence-electron chi connectivity index (χ2n) is 4.22. The van der Waals surface area contributed by atoms with Gasteiger partial charge < -0.3 is 10.0 Å². The van der Waals surface area contributed by atoms with E-state index < -0.39 is 0 Å². The Balaban J connectivity index is 1.87. The third-order valence-electron chi connectivity index (χ3n) is 3.40. The maximum Gasteiger partial charge on any atom is 0.224 e. The summed E-state index contributed by atoms with van der Waals surface area (Å²) in [6.45, 7) is 1.89. The Bertz CT molecular complexity index is 193. The van der Waals surface area contributed by atoms with Gasteiger partial charge in [0.25, 0.3) is 0 Å². The summed E-state index contributed by atoms with van der Waals surface area (Å²) in [5.74, 6) is 1.67. The third kappa shape index (κ3) is 1.70. The van der Waals surface area contributed by atoms with Crippen molar-refractivity contribution >= 4 is 5.91 Å². The lowest BCUT2D eigenvalue weighted by atomic mass is 10.0. The molecule has 13 heavy (non-hydrogen) atoms. The van der Waals surface area contributed by atoms with Crippen LogP contribution in [0.25, 0.3) is 0 Å². The maximum absolute atomic E-state index is 11.4. The minimum Gasteiger partial charge on any atom is -0.396 e. The second kappa shape index (κ2) is 3.66. The summed E-state index contributed by atoms with van der Waals surface area (Å²) in [7, 11) is 0. The Morgan fingerprint density at radius 3 is 2.46 bits per heavy atom. The molecule has 1 heterocycles. The number of nitrogens with zero attached hydrogens (tertiary/aromatic N) is 1. The molecule has 1 aliphatic heterocycles. The number of amides is 1. The van der Waals surface area contributed by atoms with Gasteiger partial charge in [0.1, 0.15) is 0 Å². The molecular weight excluding hydrogens is 166 g/mol. The van der Waals surface area contributed by atoms with Gasteiger partial charge in [-0.05, 0) is 24.7 Å². The Morgan fingerprint density at radius 2 is 1.92 bits per heavy atom. The van der Waals surface area contributed by atoms with E-state index in [1.807, 2.05) is 4.90 Å². The topological polar surface area (TPSA) is 40.5 Å². The highest BCUT2D eigenvalue weighted by Gasteiger charge is 2.37. The molecule has 0 spiro atoms.